The molecule has 0 N–H and O–H groups in total. The number of esters is 1. The zero-order valence-corrected chi connectivity index (χ0v) is 19.4. The lowest BCUT2D eigenvalue weighted by atomic mass is 9.96. The van der Waals surface area contributed by atoms with E-state index >= 15 is 0 Å². The van der Waals surface area contributed by atoms with Crippen molar-refractivity contribution >= 4 is 16.9 Å². The van der Waals surface area contributed by atoms with Crippen LogP contribution >= 0.6 is 0 Å². The Morgan fingerprint density at radius 2 is 2.00 bits per heavy atom. The molecule has 0 amide bonds. The van der Waals surface area contributed by atoms with Crippen molar-refractivity contribution in [1.82, 2.24) is 24.8 Å². The van der Waals surface area contributed by atoms with Crippen molar-refractivity contribution in [3.05, 3.63) is 29.8 Å². The number of likely N-dealkylation sites (tertiary alicyclic amines) is 1. The Morgan fingerprint density at radius 1 is 1.26 bits per heavy atom. The molecular formula is C23H28F3N5O3. The number of ether oxygens (including phenoxy) is 1. The minimum absolute atomic E-state index is 0.146. The highest BCUT2D eigenvalue weighted by atomic mass is 19.4. The number of hydrogen-bond donors (Lipinski definition) is 0. The molecule has 2 aromatic heterocycles. The summed E-state index contributed by atoms with van der Waals surface area (Å²) >= 11 is 0. The van der Waals surface area contributed by atoms with Crippen molar-refractivity contribution in [3.8, 4) is 11.7 Å². The molecule has 4 rings (SSSR count). The second-order valence-electron chi connectivity index (χ2n) is 8.98. The molecule has 1 aromatic carbocycles. The van der Waals surface area contributed by atoms with Gasteiger partial charge in [0.15, 0.2) is 0 Å². The Morgan fingerprint density at radius 3 is 2.65 bits per heavy atom. The van der Waals surface area contributed by atoms with Gasteiger partial charge in [-0.05, 0) is 68.5 Å². The maximum absolute atomic E-state index is 12.7. The third-order valence-corrected chi connectivity index (χ3v) is 6.09. The minimum atomic E-state index is -5.10. The van der Waals surface area contributed by atoms with Crippen LogP contribution < -0.4 is 4.74 Å². The average Bonchev–Trinajstić information content (AvgIpc) is 3.42. The first kappa shape index (κ1) is 24.2. The van der Waals surface area contributed by atoms with E-state index in [2.05, 4.69) is 38.7 Å². The lowest BCUT2D eigenvalue weighted by Gasteiger charge is -2.30. The normalized spacial score (nSPS) is 16.0. The molecule has 184 valence electrons. The van der Waals surface area contributed by atoms with Gasteiger partial charge in [0.05, 0.1) is 16.6 Å². The summed E-state index contributed by atoms with van der Waals surface area (Å²) < 4.78 is 49.8. The van der Waals surface area contributed by atoms with E-state index in [-0.39, 0.29) is 17.6 Å². The second kappa shape index (κ2) is 9.73. The van der Waals surface area contributed by atoms with Crippen LogP contribution in [0.1, 0.15) is 57.5 Å². The molecule has 0 bridgehead atoms. The van der Waals surface area contributed by atoms with E-state index in [1.807, 2.05) is 6.92 Å². The monoisotopic (exact) mass is 479 g/mol. The standard InChI is InChI=1S/C23H28F3N5O3/c1-4-16-19-17(6-5-7-18(19)33-21(32)23(24,25)26)31(28-16)22-27-20(34-29-22)15-9-12-30(13-10-15)11-8-14(2)3/h5-7,14-15H,4,8-13H2,1-3H3. The van der Waals surface area contributed by atoms with Crippen LogP contribution in [0, 0.1) is 5.92 Å². The highest BCUT2D eigenvalue weighted by molar-refractivity contribution is 5.92. The molecule has 3 heterocycles. The zero-order chi connectivity index (χ0) is 24.5. The highest BCUT2D eigenvalue weighted by Crippen LogP contribution is 2.33. The van der Waals surface area contributed by atoms with Crippen LogP contribution in [0.3, 0.4) is 0 Å². The number of benzene rings is 1. The van der Waals surface area contributed by atoms with Gasteiger partial charge in [-0.15, -0.1) is 0 Å². The Bertz CT molecular complexity index is 1150. The molecular weight excluding hydrogens is 451 g/mol. The predicted octanol–water partition coefficient (Wildman–Crippen LogP) is 4.66. The summed E-state index contributed by atoms with van der Waals surface area (Å²) in [6.07, 6.45) is -1.70. The summed E-state index contributed by atoms with van der Waals surface area (Å²) in [5, 5.41) is 8.86. The SMILES string of the molecule is CCc1nn(-c2noc(C3CCN(CCC(C)C)CC3)n2)c2cccc(OC(=O)C(F)(F)F)c12. The number of alkyl halides is 3. The molecule has 0 unspecified atom stereocenters. The van der Waals surface area contributed by atoms with E-state index in [0.29, 0.717) is 34.8 Å². The largest absolute Gasteiger partial charge is 0.491 e. The number of piperidine rings is 1. The van der Waals surface area contributed by atoms with Crippen LogP contribution in [-0.2, 0) is 11.2 Å². The Hall–Kier alpha value is -2.95. The van der Waals surface area contributed by atoms with Crippen LogP contribution in [0.25, 0.3) is 16.9 Å². The molecule has 0 radical (unpaired) electrons. The van der Waals surface area contributed by atoms with Crippen molar-refractivity contribution in [2.24, 2.45) is 5.92 Å². The fourth-order valence-electron chi connectivity index (χ4n) is 4.18. The number of hydrogen-bond acceptors (Lipinski definition) is 7. The Labute approximate surface area is 195 Å². The van der Waals surface area contributed by atoms with Crippen LogP contribution in [0.5, 0.6) is 5.75 Å². The predicted molar refractivity (Wildman–Crippen MR) is 118 cm³/mol. The Kier molecular flexibility index (Phi) is 6.92. The molecule has 1 aliphatic heterocycles. The lowest BCUT2D eigenvalue weighted by Crippen LogP contribution is -2.34. The number of carbonyl (C=O) groups is 1. The molecule has 0 saturated carbocycles. The third-order valence-electron chi connectivity index (χ3n) is 6.09. The van der Waals surface area contributed by atoms with Crippen molar-refractivity contribution < 1.29 is 27.2 Å². The van der Waals surface area contributed by atoms with E-state index in [1.54, 1.807) is 6.07 Å². The van der Waals surface area contributed by atoms with E-state index in [4.69, 9.17) is 4.52 Å². The van der Waals surface area contributed by atoms with Gasteiger partial charge in [-0.25, -0.2) is 4.79 Å². The van der Waals surface area contributed by atoms with Gasteiger partial charge < -0.3 is 14.2 Å². The number of rotatable bonds is 7. The van der Waals surface area contributed by atoms with E-state index in [0.717, 1.165) is 32.5 Å². The zero-order valence-electron chi connectivity index (χ0n) is 19.4. The number of halogens is 3. The van der Waals surface area contributed by atoms with Crippen LogP contribution in [0.2, 0.25) is 0 Å². The van der Waals surface area contributed by atoms with Gasteiger partial charge in [0.1, 0.15) is 5.75 Å². The van der Waals surface area contributed by atoms with Crippen molar-refractivity contribution in [2.75, 3.05) is 19.6 Å². The van der Waals surface area contributed by atoms with E-state index < -0.39 is 12.1 Å². The molecule has 34 heavy (non-hydrogen) atoms. The van der Waals surface area contributed by atoms with Gasteiger partial charge in [0.2, 0.25) is 5.89 Å². The summed E-state index contributed by atoms with van der Waals surface area (Å²) in [6.45, 7) is 9.27. The summed E-state index contributed by atoms with van der Waals surface area (Å²) in [4.78, 5) is 18.4. The van der Waals surface area contributed by atoms with Gasteiger partial charge in [0.25, 0.3) is 5.95 Å². The summed E-state index contributed by atoms with van der Waals surface area (Å²) in [7, 11) is 0. The average molecular weight is 480 g/mol. The maximum atomic E-state index is 12.7. The molecule has 1 fully saturated rings. The quantitative estimate of drug-likeness (QED) is 0.360. The number of carbonyl (C=O) groups excluding carboxylic acids is 1. The molecule has 0 aliphatic carbocycles. The first-order valence-electron chi connectivity index (χ1n) is 11.5. The molecule has 1 saturated heterocycles. The topological polar surface area (TPSA) is 86.3 Å². The summed E-state index contributed by atoms with van der Waals surface area (Å²) in [5.41, 5.74) is 0.894. The van der Waals surface area contributed by atoms with E-state index in [9.17, 15) is 18.0 Å². The molecule has 11 heteroatoms. The summed E-state index contributed by atoms with van der Waals surface area (Å²) in [5.74, 6) is -0.948. The lowest BCUT2D eigenvalue weighted by molar-refractivity contribution is -0.189. The number of fused-ring (bicyclic) bond motifs is 1. The molecule has 0 spiro atoms. The van der Waals surface area contributed by atoms with Gasteiger partial charge in [-0.3, -0.25) is 0 Å². The van der Waals surface area contributed by atoms with Gasteiger partial charge in [-0.2, -0.15) is 27.9 Å². The number of nitrogens with zero attached hydrogens (tertiary/aromatic N) is 5. The molecule has 8 nitrogen and oxygen atoms in total. The molecule has 0 atom stereocenters. The van der Waals surface area contributed by atoms with Crippen molar-refractivity contribution in [3.63, 3.8) is 0 Å². The van der Waals surface area contributed by atoms with Crippen LogP contribution in [0.4, 0.5) is 13.2 Å². The van der Waals surface area contributed by atoms with Gasteiger partial charge in [0, 0.05) is 5.92 Å². The maximum Gasteiger partial charge on any atom is 0.491 e. The van der Waals surface area contributed by atoms with Crippen molar-refractivity contribution in [1.29, 1.82) is 0 Å². The molecule has 3 aromatic rings. The fourth-order valence-corrected chi connectivity index (χ4v) is 4.18. The van der Waals surface area contributed by atoms with Crippen LogP contribution in [-0.4, -0.2) is 56.6 Å². The molecule has 1 aliphatic rings. The fraction of sp³-hybridized carbons (Fsp3) is 0.565. The highest BCUT2D eigenvalue weighted by Gasteiger charge is 2.42. The first-order chi connectivity index (χ1) is 16.2. The smallest absolute Gasteiger partial charge is 0.419 e. The third kappa shape index (κ3) is 5.08. The second-order valence-corrected chi connectivity index (χ2v) is 8.98. The first-order valence-corrected chi connectivity index (χ1v) is 11.5. The summed E-state index contributed by atoms with van der Waals surface area (Å²) in [6, 6.07) is 4.47. The minimum Gasteiger partial charge on any atom is -0.419 e. The van der Waals surface area contributed by atoms with Gasteiger partial charge in [-0.1, -0.05) is 26.8 Å². The van der Waals surface area contributed by atoms with Gasteiger partial charge >= 0.3 is 12.1 Å². The number of aromatic nitrogens is 4. The Balaban J connectivity index is 1.56. The van der Waals surface area contributed by atoms with E-state index in [1.165, 1.54) is 23.2 Å². The van der Waals surface area contributed by atoms with Crippen molar-refractivity contribution in [2.45, 2.75) is 58.5 Å². The number of aryl methyl sites for hydroxylation is 1. The van der Waals surface area contributed by atoms with Crippen LogP contribution in [0.15, 0.2) is 22.7 Å².